The van der Waals surface area contributed by atoms with Crippen LogP contribution in [0.4, 0.5) is 10.1 Å². The number of hydrogen-bond acceptors (Lipinski definition) is 3. The molecular formula is C14H12FNO2. The molecule has 0 saturated heterocycles. The highest BCUT2D eigenvalue weighted by Gasteiger charge is 2.14. The molecule has 2 N–H and O–H groups in total. The van der Waals surface area contributed by atoms with Crippen LogP contribution in [0.3, 0.4) is 0 Å². The van der Waals surface area contributed by atoms with Crippen molar-refractivity contribution in [1.29, 1.82) is 0 Å². The smallest absolute Gasteiger partial charge is 0.195 e. The van der Waals surface area contributed by atoms with Gasteiger partial charge in [0.05, 0.1) is 12.7 Å². The summed E-state index contributed by atoms with van der Waals surface area (Å²) < 4.78 is 18.6. The van der Waals surface area contributed by atoms with Crippen LogP contribution < -0.4 is 10.5 Å². The van der Waals surface area contributed by atoms with Crippen molar-refractivity contribution in [2.24, 2.45) is 0 Å². The van der Waals surface area contributed by atoms with E-state index in [2.05, 4.69) is 0 Å². The van der Waals surface area contributed by atoms with Gasteiger partial charge >= 0.3 is 0 Å². The summed E-state index contributed by atoms with van der Waals surface area (Å²) in [5.74, 6) is -0.604. The Morgan fingerprint density at radius 2 is 1.83 bits per heavy atom. The number of ketones is 1. The van der Waals surface area contributed by atoms with E-state index in [1.807, 2.05) is 0 Å². The zero-order valence-corrected chi connectivity index (χ0v) is 9.81. The molecule has 0 atom stereocenters. The highest BCUT2D eigenvalue weighted by atomic mass is 19.1. The van der Waals surface area contributed by atoms with Crippen molar-refractivity contribution in [1.82, 2.24) is 0 Å². The third-order valence-corrected chi connectivity index (χ3v) is 2.59. The predicted molar refractivity (Wildman–Crippen MR) is 67.2 cm³/mol. The lowest BCUT2D eigenvalue weighted by molar-refractivity contribution is 0.103. The Morgan fingerprint density at radius 3 is 2.39 bits per heavy atom. The van der Waals surface area contributed by atoms with Gasteiger partial charge in [-0.1, -0.05) is 0 Å². The molecule has 0 saturated carbocycles. The van der Waals surface area contributed by atoms with Gasteiger partial charge in [-0.2, -0.15) is 0 Å². The molecule has 0 heterocycles. The SMILES string of the molecule is COc1ccc(C(=O)c2ccc(N)cc2)c(F)c1. The molecule has 3 nitrogen and oxygen atoms in total. The van der Waals surface area contributed by atoms with Gasteiger partial charge in [0.1, 0.15) is 11.6 Å². The number of carbonyl (C=O) groups is 1. The van der Waals surface area contributed by atoms with Gasteiger partial charge in [-0.3, -0.25) is 4.79 Å². The van der Waals surface area contributed by atoms with Crippen molar-refractivity contribution in [3.05, 3.63) is 59.4 Å². The van der Waals surface area contributed by atoms with Crippen molar-refractivity contribution >= 4 is 11.5 Å². The minimum absolute atomic E-state index is 0.0144. The number of anilines is 1. The second-order valence-corrected chi connectivity index (χ2v) is 3.80. The molecular weight excluding hydrogens is 233 g/mol. The van der Waals surface area contributed by atoms with Crippen molar-refractivity contribution in [3.63, 3.8) is 0 Å². The number of carbonyl (C=O) groups excluding carboxylic acids is 1. The Labute approximate surface area is 104 Å². The van der Waals surface area contributed by atoms with E-state index < -0.39 is 5.82 Å². The van der Waals surface area contributed by atoms with Gasteiger partial charge in [0.15, 0.2) is 5.78 Å². The molecule has 18 heavy (non-hydrogen) atoms. The average Bonchev–Trinajstić information content (AvgIpc) is 2.38. The van der Waals surface area contributed by atoms with E-state index in [0.29, 0.717) is 17.0 Å². The Balaban J connectivity index is 2.37. The standard InChI is InChI=1S/C14H12FNO2/c1-18-11-6-7-12(13(15)8-11)14(17)9-2-4-10(16)5-3-9/h2-8H,16H2,1H3. The van der Waals surface area contributed by atoms with Gasteiger partial charge in [0.2, 0.25) is 0 Å². The summed E-state index contributed by atoms with van der Waals surface area (Å²) in [6, 6.07) is 10.5. The van der Waals surface area contributed by atoms with Crippen LogP contribution in [0.15, 0.2) is 42.5 Å². The topological polar surface area (TPSA) is 52.3 Å². The number of ether oxygens (including phenoxy) is 1. The van der Waals surface area contributed by atoms with Gasteiger partial charge < -0.3 is 10.5 Å². The first-order valence-corrected chi connectivity index (χ1v) is 5.35. The molecule has 2 rings (SSSR count). The summed E-state index contributed by atoms with van der Waals surface area (Å²) in [7, 11) is 1.44. The minimum atomic E-state index is -0.601. The Kier molecular flexibility index (Phi) is 3.28. The fraction of sp³-hybridized carbons (Fsp3) is 0.0714. The summed E-state index contributed by atoms with van der Waals surface area (Å²) >= 11 is 0. The maximum absolute atomic E-state index is 13.7. The van der Waals surface area contributed by atoms with E-state index in [4.69, 9.17) is 10.5 Å². The molecule has 92 valence electrons. The highest BCUT2D eigenvalue weighted by Crippen LogP contribution is 2.19. The predicted octanol–water partition coefficient (Wildman–Crippen LogP) is 2.65. The summed E-state index contributed by atoms with van der Waals surface area (Å²) in [5.41, 5.74) is 6.50. The molecule has 0 unspecified atom stereocenters. The van der Waals surface area contributed by atoms with Crippen LogP contribution >= 0.6 is 0 Å². The maximum Gasteiger partial charge on any atom is 0.195 e. The molecule has 2 aromatic rings. The quantitative estimate of drug-likeness (QED) is 0.668. The fourth-order valence-corrected chi connectivity index (χ4v) is 1.60. The molecule has 0 aliphatic heterocycles. The second kappa shape index (κ2) is 4.87. The lowest BCUT2D eigenvalue weighted by atomic mass is 10.0. The summed E-state index contributed by atoms with van der Waals surface area (Å²) in [6.45, 7) is 0. The molecule has 0 aromatic heterocycles. The van der Waals surface area contributed by atoms with E-state index in [1.54, 1.807) is 30.3 Å². The Hall–Kier alpha value is -2.36. The number of methoxy groups -OCH3 is 1. The van der Waals surface area contributed by atoms with Gasteiger partial charge in [-0.25, -0.2) is 4.39 Å². The maximum atomic E-state index is 13.7. The first-order chi connectivity index (χ1) is 8.61. The minimum Gasteiger partial charge on any atom is -0.497 e. The zero-order valence-electron chi connectivity index (χ0n) is 9.81. The van der Waals surface area contributed by atoms with Crippen LogP contribution in [0.25, 0.3) is 0 Å². The number of nitrogen functional groups attached to an aromatic ring is 1. The lowest BCUT2D eigenvalue weighted by Gasteiger charge is -2.05. The number of nitrogens with two attached hydrogens (primary N) is 1. The van der Waals surface area contributed by atoms with Crippen LogP contribution in [-0.4, -0.2) is 12.9 Å². The Morgan fingerprint density at radius 1 is 1.17 bits per heavy atom. The van der Waals surface area contributed by atoms with Crippen LogP contribution in [0.2, 0.25) is 0 Å². The largest absolute Gasteiger partial charge is 0.497 e. The summed E-state index contributed by atoms with van der Waals surface area (Å²) in [4.78, 5) is 12.1. The molecule has 2 aromatic carbocycles. The normalized spacial score (nSPS) is 10.1. The highest BCUT2D eigenvalue weighted by molar-refractivity contribution is 6.09. The second-order valence-electron chi connectivity index (χ2n) is 3.80. The van der Waals surface area contributed by atoms with Gasteiger partial charge in [0.25, 0.3) is 0 Å². The molecule has 0 amide bonds. The first kappa shape index (κ1) is 12.1. The molecule has 0 aliphatic rings. The van der Waals surface area contributed by atoms with Crippen molar-refractivity contribution in [2.45, 2.75) is 0 Å². The van der Waals surface area contributed by atoms with E-state index in [1.165, 1.54) is 19.2 Å². The van der Waals surface area contributed by atoms with Gasteiger partial charge in [-0.15, -0.1) is 0 Å². The average molecular weight is 245 g/mol. The lowest BCUT2D eigenvalue weighted by Crippen LogP contribution is -2.04. The van der Waals surface area contributed by atoms with Crippen LogP contribution in [-0.2, 0) is 0 Å². The van der Waals surface area contributed by atoms with E-state index in [-0.39, 0.29) is 11.3 Å². The monoisotopic (exact) mass is 245 g/mol. The summed E-state index contributed by atoms with van der Waals surface area (Å²) in [6.07, 6.45) is 0. The molecule has 0 spiro atoms. The molecule has 0 aliphatic carbocycles. The van der Waals surface area contributed by atoms with Crippen molar-refractivity contribution in [2.75, 3.05) is 12.8 Å². The number of hydrogen-bond donors (Lipinski definition) is 1. The zero-order chi connectivity index (χ0) is 13.1. The fourth-order valence-electron chi connectivity index (χ4n) is 1.60. The van der Waals surface area contributed by atoms with Gasteiger partial charge in [-0.05, 0) is 36.4 Å². The third-order valence-electron chi connectivity index (χ3n) is 2.59. The summed E-state index contributed by atoms with van der Waals surface area (Å²) in [5, 5.41) is 0. The van der Waals surface area contributed by atoms with Crippen molar-refractivity contribution in [3.8, 4) is 5.75 Å². The van der Waals surface area contributed by atoms with Crippen molar-refractivity contribution < 1.29 is 13.9 Å². The molecule has 0 radical (unpaired) electrons. The number of benzene rings is 2. The van der Waals surface area contributed by atoms with E-state index in [0.717, 1.165) is 0 Å². The van der Waals surface area contributed by atoms with E-state index in [9.17, 15) is 9.18 Å². The Bertz CT molecular complexity index is 579. The number of halogens is 1. The number of rotatable bonds is 3. The van der Waals surface area contributed by atoms with Crippen LogP contribution in [0.1, 0.15) is 15.9 Å². The van der Waals surface area contributed by atoms with E-state index >= 15 is 0 Å². The molecule has 0 fully saturated rings. The first-order valence-electron chi connectivity index (χ1n) is 5.35. The molecule has 0 bridgehead atoms. The van der Waals surface area contributed by atoms with Gasteiger partial charge in [0, 0.05) is 17.3 Å². The van der Waals surface area contributed by atoms with Crippen LogP contribution in [0, 0.1) is 5.82 Å². The third kappa shape index (κ3) is 2.32. The molecule has 4 heteroatoms. The van der Waals surface area contributed by atoms with Crippen LogP contribution in [0.5, 0.6) is 5.75 Å².